The molecule has 0 N–H and O–H groups in total. The van der Waals surface area contributed by atoms with Gasteiger partial charge < -0.3 is 4.42 Å². The van der Waals surface area contributed by atoms with Crippen LogP contribution in [0.4, 0.5) is 0 Å². The van der Waals surface area contributed by atoms with Crippen LogP contribution in [0, 0.1) is 6.92 Å². The smallest absolute Gasteiger partial charge is 0.255 e. The van der Waals surface area contributed by atoms with E-state index in [0.29, 0.717) is 11.0 Å². The van der Waals surface area contributed by atoms with Gasteiger partial charge in [-0.2, -0.15) is 0 Å². The van der Waals surface area contributed by atoms with Crippen molar-refractivity contribution < 1.29 is 9.21 Å². The zero-order valence-electron chi connectivity index (χ0n) is 8.10. The van der Waals surface area contributed by atoms with Gasteiger partial charge >= 0.3 is 0 Å². The van der Waals surface area contributed by atoms with Crippen LogP contribution in [0.25, 0.3) is 0 Å². The molecule has 5 heteroatoms. The molecule has 0 amide bonds. The predicted octanol–water partition coefficient (Wildman–Crippen LogP) is 3.02. The van der Waals surface area contributed by atoms with Gasteiger partial charge in [-0.3, -0.25) is 4.79 Å². The molecule has 0 unspecified atom stereocenters. The van der Waals surface area contributed by atoms with Gasteiger partial charge in [0.05, 0.1) is 16.8 Å². The van der Waals surface area contributed by atoms with E-state index in [1.165, 1.54) is 29.4 Å². The van der Waals surface area contributed by atoms with Crippen molar-refractivity contribution in [1.29, 1.82) is 0 Å². The fourth-order valence-electron chi connectivity index (χ4n) is 1.06. The van der Waals surface area contributed by atoms with E-state index < -0.39 is 0 Å². The molecule has 0 aliphatic carbocycles. The topological polar surface area (TPSA) is 43.1 Å². The third-order valence-electron chi connectivity index (χ3n) is 1.75. The largest absolute Gasteiger partial charge is 0.440 e. The summed E-state index contributed by atoms with van der Waals surface area (Å²) in [4.78, 5) is 17.6. The van der Waals surface area contributed by atoms with E-state index in [1.54, 1.807) is 6.20 Å². The lowest BCUT2D eigenvalue weighted by atomic mass is 10.3. The first-order chi connectivity index (χ1) is 7.25. The molecule has 2 aromatic rings. The number of thiophene rings is 1. The van der Waals surface area contributed by atoms with E-state index in [9.17, 15) is 4.79 Å². The molecule has 0 saturated carbocycles. The molecular weight excluding hydrogens is 230 g/mol. The highest BCUT2D eigenvalue weighted by atomic mass is 32.2. The van der Waals surface area contributed by atoms with Crippen LogP contribution in [-0.4, -0.2) is 16.5 Å². The normalized spacial score (nSPS) is 10.5. The summed E-state index contributed by atoms with van der Waals surface area (Å²) in [6.45, 7) is 1.99. The van der Waals surface area contributed by atoms with Gasteiger partial charge in [-0.25, -0.2) is 4.98 Å². The van der Waals surface area contributed by atoms with Crippen molar-refractivity contribution in [2.24, 2.45) is 0 Å². The van der Waals surface area contributed by atoms with E-state index >= 15 is 0 Å². The fraction of sp³-hybridized carbons (Fsp3) is 0.200. The van der Waals surface area contributed by atoms with Crippen molar-refractivity contribution in [1.82, 2.24) is 4.98 Å². The Hall–Kier alpha value is -1.07. The fourth-order valence-corrected chi connectivity index (χ4v) is 2.63. The van der Waals surface area contributed by atoms with Gasteiger partial charge in [0.15, 0.2) is 5.78 Å². The van der Waals surface area contributed by atoms with Crippen molar-refractivity contribution in [3.63, 3.8) is 0 Å². The number of oxazole rings is 1. The average Bonchev–Trinajstić information content (AvgIpc) is 2.84. The maximum absolute atomic E-state index is 11.7. The van der Waals surface area contributed by atoms with E-state index in [-0.39, 0.29) is 5.78 Å². The zero-order valence-corrected chi connectivity index (χ0v) is 9.73. The average molecular weight is 239 g/mol. The molecule has 0 aliphatic rings. The monoisotopic (exact) mass is 239 g/mol. The molecule has 3 nitrogen and oxygen atoms in total. The molecule has 0 fully saturated rings. The quantitative estimate of drug-likeness (QED) is 0.607. The number of carbonyl (C=O) groups excluding carboxylic acids is 1. The Bertz CT molecular complexity index is 448. The van der Waals surface area contributed by atoms with Crippen LogP contribution in [0.2, 0.25) is 0 Å². The summed E-state index contributed by atoms with van der Waals surface area (Å²) in [6, 6.07) is 3.81. The highest BCUT2D eigenvalue weighted by Gasteiger charge is 2.10. The number of thioether (sulfide) groups is 1. The first-order valence-corrected chi connectivity index (χ1v) is 6.18. The van der Waals surface area contributed by atoms with Gasteiger partial charge in [-0.15, -0.1) is 11.3 Å². The number of rotatable bonds is 4. The molecule has 15 heavy (non-hydrogen) atoms. The summed E-state index contributed by atoms with van der Waals surface area (Å²) in [6.07, 6.45) is 3.07. The van der Waals surface area contributed by atoms with Gasteiger partial charge in [0.2, 0.25) is 0 Å². The van der Waals surface area contributed by atoms with E-state index in [4.69, 9.17) is 4.42 Å². The Labute approximate surface area is 95.5 Å². The lowest BCUT2D eigenvalue weighted by Gasteiger charge is -1.94. The summed E-state index contributed by atoms with van der Waals surface area (Å²) in [5.41, 5.74) is 0. The Morgan fingerprint density at radius 1 is 1.60 bits per heavy atom. The minimum Gasteiger partial charge on any atom is -0.440 e. The van der Waals surface area contributed by atoms with Gasteiger partial charge in [0, 0.05) is 4.88 Å². The van der Waals surface area contributed by atoms with Crippen LogP contribution >= 0.6 is 23.1 Å². The zero-order chi connectivity index (χ0) is 10.7. The first kappa shape index (κ1) is 10.4. The number of nitrogens with zero attached hydrogens (tertiary/aromatic N) is 1. The Kier molecular flexibility index (Phi) is 3.23. The minimum absolute atomic E-state index is 0.122. The summed E-state index contributed by atoms with van der Waals surface area (Å²) in [5, 5.41) is 0.539. The Balaban J connectivity index is 1.93. The first-order valence-electron chi connectivity index (χ1n) is 4.37. The number of aromatic nitrogens is 1. The lowest BCUT2D eigenvalue weighted by molar-refractivity contribution is 0.102. The number of ketones is 1. The number of Topliss-reactive ketones (excluding diaryl/α,β-unsaturated/α-hetero) is 1. The predicted molar refractivity (Wildman–Crippen MR) is 60.6 cm³/mol. The van der Waals surface area contributed by atoms with Crippen LogP contribution in [0.5, 0.6) is 0 Å². The molecule has 2 aromatic heterocycles. The summed E-state index contributed by atoms with van der Waals surface area (Å²) < 4.78 is 5.03. The number of carbonyl (C=O) groups is 1. The second kappa shape index (κ2) is 4.63. The van der Waals surface area contributed by atoms with E-state index in [1.807, 2.05) is 19.1 Å². The van der Waals surface area contributed by atoms with Crippen molar-refractivity contribution in [3.8, 4) is 0 Å². The van der Waals surface area contributed by atoms with Gasteiger partial charge in [-0.1, -0.05) is 11.8 Å². The SMILES string of the molecule is Cc1ccc(C(=O)CSc2ncco2)s1. The second-order valence-corrected chi connectivity index (χ2v) is 5.13. The molecule has 0 saturated heterocycles. The van der Waals surface area contributed by atoms with Crippen molar-refractivity contribution in [2.45, 2.75) is 12.1 Å². The third-order valence-corrected chi connectivity index (χ3v) is 3.65. The number of aryl methyl sites for hydroxylation is 1. The number of hydrogen-bond acceptors (Lipinski definition) is 5. The van der Waals surface area contributed by atoms with Crippen LogP contribution < -0.4 is 0 Å². The van der Waals surface area contributed by atoms with Crippen molar-refractivity contribution >= 4 is 28.9 Å². The molecular formula is C10H9NO2S2. The highest BCUT2D eigenvalue weighted by molar-refractivity contribution is 7.99. The Morgan fingerprint density at radius 3 is 3.07 bits per heavy atom. The maximum atomic E-state index is 11.7. The maximum Gasteiger partial charge on any atom is 0.255 e. The van der Waals surface area contributed by atoms with Crippen LogP contribution in [0.15, 0.2) is 34.2 Å². The summed E-state index contributed by atoms with van der Waals surface area (Å²) in [5.74, 6) is 0.497. The van der Waals surface area contributed by atoms with E-state index in [2.05, 4.69) is 4.98 Å². The highest BCUT2D eigenvalue weighted by Crippen LogP contribution is 2.20. The van der Waals surface area contributed by atoms with Gasteiger partial charge in [-0.05, 0) is 19.1 Å². The molecule has 0 bridgehead atoms. The summed E-state index contributed by atoms with van der Waals surface area (Å²) >= 11 is 2.84. The van der Waals surface area contributed by atoms with E-state index in [0.717, 1.165) is 9.75 Å². The Morgan fingerprint density at radius 2 is 2.47 bits per heavy atom. The summed E-state index contributed by atoms with van der Waals surface area (Å²) in [7, 11) is 0. The van der Waals surface area contributed by atoms with Crippen LogP contribution in [0.1, 0.15) is 14.5 Å². The lowest BCUT2D eigenvalue weighted by Crippen LogP contribution is -1.98. The van der Waals surface area contributed by atoms with Crippen molar-refractivity contribution in [2.75, 3.05) is 5.75 Å². The molecule has 0 aliphatic heterocycles. The molecule has 0 aromatic carbocycles. The van der Waals surface area contributed by atoms with Gasteiger partial charge in [0.25, 0.3) is 5.22 Å². The van der Waals surface area contributed by atoms with Crippen LogP contribution in [0.3, 0.4) is 0 Å². The third kappa shape index (κ3) is 2.70. The molecule has 0 spiro atoms. The second-order valence-electron chi connectivity index (χ2n) is 2.92. The molecule has 78 valence electrons. The molecule has 0 atom stereocenters. The van der Waals surface area contributed by atoms with Crippen molar-refractivity contribution in [3.05, 3.63) is 34.3 Å². The number of hydrogen-bond donors (Lipinski definition) is 0. The standard InChI is InChI=1S/C10H9NO2S2/c1-7-2-3-9(15-7)8(12)6-14-10-11-4-5-13-10/h2-5H,6H2,1H3. The minimum atomic E-state index is 0.122. The van der Waals surface area contributed by atoms with Crippen LogP contribution in [-0.2, 0) is 0 Å². The molecule has 2 rings (SSSR count). The molecule has 0 radical (unpaired) electrons. The molecule has 2 heterocycles. The van der Waals surface area contributed by atoms with Gasteiger partial charge in [0.1, 0.15) is 6.26 Å².